The van der Waals surface area contributed by atoms with Crippen LogP contribution in [-0.2, 0) is 14.3 Å². The number of hydrogen-bond acceptors (Lipinski definition) is 4. The Morgan fingerprint density at radius 1 is 1.53 bits per heavy atom. The van der Waals surface area contributed by atoms with Gasteiger partial charge in [0.15, 0.2) is 5.78 Å². The molecule has 0 aliphatic carbocycles. The van der Waals surface area contributed by atoms with Gasteiger partial charge in [-0.3, -0.25) is 14.5 Å². The lowest BCUT2D eigenvalue weighted by Crippen LogP contribution is -2.37. The summed E-state index contributed by atoms with van der Waals surface area (Å²) in [4.78, 5) is 25.2. The van der Waals surface area contributed by atoms with Crippen LogP contribution in [0.1, 0.15) is 26.2 Å². The van der Waals surface area contributed by atoms with E-state index >= 15 is 0 Å². The van der Waals surface area contributed by atoms with Crippen molar-refractivity contribution in [2.75, 3.05) is 26.7 Å². The Balaban J connectivity index is 2.59. The fraction of sp³-hybridized carbons (Fsp3) is 0.818. The first-order valence-electron chi connectivity index (χ1n) is 5.53. The normalized spacial score (nSPS) is 24.4. The molecule has 1 saturated heterocycles. The van der Waals surface area contributed by atoms with Gasteiger partial charge in [0.2, 0.25) is 0 Å². The number of carbonyl (C=O) groups excluding carboxylic acids is 2. The van der Waals surface area contributed by atoms with Gasteiger partial charge in [0.05, 0.1) is 13.2 Å². The molecule has 1 rings (SSSR count). The number of hydrogen-bond donors (Lipinski definition) is 0. The van der Waals surface area contributed by atoms with Crippen LogP contribution in [0.4, 0.5) is 0 Å². The zero-order valence-electron chi connectivity index (χ0n) is 9.49. The lowest BCUT2D eigenvalue weighted by Gasteiger charge is -2.23. The lowest BCUT2D eigenvalue weighted by atomic mass is 9.95. The average Bonchev–Trinajstić information content (AvgIpc) is 2.15. The summed E-state index contributed by atoms with van der Waals surface area (Å²) in [5.74, 6) is -0.888. The minimum atomic E-state index is -0.535. The van der Waals surface area contributed by atoms with Crippen LogP contribution in [0.2, 0.25) is 0 Å². The van der Waals surface area contributed by atoms with E-state index in [1.165, 1.54) is 0 Å². The Morgan fingerprint density at radius 3 is 2.93 bits per heavy atom. The average molecular weight is 213 g/mol. The van der Waals surface area contributed by atoms with Crippen LogP contribution in [0, 0.1) is 5.92 Å². The van der Waals surface area contributed by atoms with Crippen molar-refractivity contribution in [2.45, 2.75) is 26.2 Å². The summed E-state index contributed by atoms with van der Waals surface area (Å²) in [6.07, 6.45) is 2.60. The van der Waals surface area contributed by atoms with Crippen molar-refractivity contribution in [1.82, 2.24) is 4.90 Å². The Labute approximate surface area is 90.6 Å². The molecule has 1 fully saturated rings. The molecule has 0 aromatic carbocycles. The third-order valence-electron chi connectivity index (χ3n) is 2.67. The molecule has 1 unspecified atom stereocenters. The zero-order valence-corrected chi connectivity index (χ0v) is 9.49. The van der Waals surface area contributed by atoms with Gasteiger partial charge in [-0.15, -0.1) is 0 Å². The van der Waals surface area contributed by atoms with Gasteiger partial charge in [-0.05, 0) is 33.4 Å². The van der Waals surface area contributed by atoms with E-state index in [9.17, 15) is 9.59 Å². The molecule has 0 spiro atoms. The number of carbonyl (C=O) groups is 2. The molecule has 0 bridgehead atoms. The highest BCUT2D eigenvalue weighted by Crippen LogP contribution is 2.15. The molecule has 4 heteroatoms. The Kier molecular flexibility index (Phi) is 4.75. The summed E-state index contributed by atoms with van der Waals surface area (Å²) >= 11 is 0. The smallest absolute Gasteiger partial charge is 0.316 e. The summed E-state index contributed by atoms with van der Waals surface area (Å²) < 4.78 is 4.91. The highest BCUT2D eigenvalue weighted by Gasteiger charge is 2.29. The van der Waals surface area contributed by atoms with E-state index in [-0.39, 0.29) is 11.8 Å². The highest BCUT2D eigenvalue weighted by atomic mass is 16.5. The van der Waals surface area contributed by atoms with Gasteiger partial charge >= 0.3 is 5.97 Å². The van der Waals surface area contributed by atoms with E-state index in [2.05, 4.69) is 0 Å². The van der Waals surface area contributed by atoms with Crippen molar-refractivity contribution in [3.05, 3.63) is 0 Å². The van der Waals surface area contributed by atoms with Gasteiger partial charge in [0.25, 0.3) is 0 Å². The molecular weight excluding hydrogens is 194 g/mol. The van der Waals surface area contributed by atoms with Crippen LogP contribution >= 0.6 is 0 Å². The molecule has 0 aromatic heterocycles. The Bertz CT molecular complexity index is 240. The van der Waals surface area contributed by atoms with Crippen molar-refractivity contribution in [3.63, 3.8) is 0 Å². The maximum absolute atomic E-state index is 11.8. The number of likely N-dealkylation sites (tertiary alicyclic amines) is 1. The molecule has 1 atom stereocenters. The van der Waals surface area contributed by atoms with Crippen molar-refractivity contribution < 1.29 is 14.3 Å². The third kappa shape index (κ3) is 3.63. The second-order valence-electron chi connectivity index (χ2n) is 4.00. The third-order valence-corrected chi connectivity index (χ3v) is 2.67. The largest absolute Gasteiger partial charge is 0.465 e. The fourth-order valence-corrected chi connectivity index (χ4v) is 1.84. The maximum Gasteiger partial charge on any atom is 0.316 e. The number of esters is 1. The predicted octanol–water partition coefficient (Wildman–Crippen LogP) is 0.851. The monoisotopic (exact) mass is 213 g/mol. The van der Waals surface area contributed by atoms with Crippen molar-refractivity contribution in [3.8, 4) is 0 Å². The molecule has 4 nitrogen and oxygen atoms in total. The van der Waals surface area contributed by atoms with Crippen molar-refractivity contribution >= 4 is 11.8 Å². The molecule has 0 radical (unpaired) electrons. The highest BCUT2D eigenvalue weighted by molar-refractivity contribution is 6.00. The van der Waals surface area contributed by atoms with Gasteiger partial charge in [-0.1, -0.05) is 6.42 Å². The number of ketones is 1. The Morgan fingerprint density at radius 2 is 2.27 bits per heavy atom. The molecule has 0 N–H and O–H groups in total. The van der Waals surface area contributed by atoms with E-state index in [0.717, 1.165) is 19.4 Å². The second kappa shape index (κ2) is 5.85. The molecular formula is C11H19NO3. The van der Waals surface area contributed by atoms with Gasteiger partial charge in [-0.25, -0.2) is 0 Å². The number of rotatable bonds is 2. The van der Waals surface area contributed by atoms with Gasteiger partial charge in [0, 0.05) is 0 Å². The summed E-state index contributed by atoms with van der Waals surface area (Å²) in [5.41, 5.74) is 0. The van der Waals surface area contributed by atoms with Crippen LogP contribution in [-0.4, -0.2) is 43.4 Å². The molecule has 1 aliphatic heterocycles. The van der Waals surface area contributed by atoms with E-state index < -0.39 is 5.92 Å². The molecule has 0 amide bonds. The van der Waals surface area contributed by atoms with Crippen molar-refractivity contribution in [2.24, 2.45) is 5.92 Å². The predicted molar refractivity (Wildman–Crippen MR) is 56.5 cm³/mol. The SMILES string of the molecule is CCOC(=O)C1CCCCN(C)CC1=O. The number of Topliss-reactive ketones (excluding diaryl/α,β-unsaturated/α-hetero) is 1. The van der Waals surface area contributed by atoms with E-state index in [4.69, 9.17) is 4.74 Å². The number of ether oxygens (including phenoxy) is 1. The molecule has 86 valence electrons. The molecule has 1 heterocycles. The fourth-order valence-electron chi connectivity index (χ4n) is 1.84. The topological polar surface area (TPSA) is 46.6 Å². The van der Waals surface area contributed by atoms with Gasteiger partial charge < -0.3 is 4.74 Å². The first-order chi connectivity index (χ1) is 7.15. The van der Waals surface area contributed by atoms with E-state index in [0.29, 0.717) is 19.6 Å². The van der Waals surface area contributed by atoms with Crippen molar-refractivity contribution in [1.29, 1.82) is 0 Å². The first-order valence-corrected chi connectivity index (χ1v) is 5.53. The molecule has 0 aromatic rings. The summed E-state index contributed by atoms with van der Waals surface area (Å²) in [7, 11) is 1.91. The Hall–Kier alpha value is -0.900. The quantitative estimate of drug-likeness (QED) is 0.504. The summed E-state index contributed by atoms with van der Waals surface area (Å²) in [5, 5.41) is 0. The molecule has 0 saturated carbocycles. The number of likely N-dealkylation sites (N-methyl/N-ethyl adjacent to an activating group) is 1. The van der Waals surface area contributed by atoms with Crippen LogP contribution in [0.5, 0.6) is 0 Å². The maximum atomic E-state index is 11.8. The molecule has 15 heavy (non-hydrogen) atoms. The van der Waals surface area contributed by atoms with Gasteiger partial charge in [-0.2, -0.15) is 0 Å². The summed E-state index contributed by atoms with van der Waals surface area (Å²) in [6.45, 7) is 3.40. The summed E-state index contributed by atoms with van der Waals surface area (Å²) in [6, 6.07) is 0. The minimum Gasteiger partial charge on any atom is -0.465 e. The second-order valence-corrected chi connectivity index (χ2v) is 4.00. The van der Waals surface area contributed by atoms with E-state index in [1.807, 2.05) is 11.9 Å². The standard InChI is InChI=1S/C11H19NO3/c1-3-15-11(14)9-6-4-5-7-12(2)8-10(9)13/h9H,3-8H2,1-2H3. The number of nitrogens with zero attached hydrogens (tertiary/aromatic N) is 1. The van der Waals surface area contributed by atoms with Crippen LogP contribution < -0.4 is 0 Å². The zero-order chi connectivity index (χ0) is 11.3. The van der Waals surface area contributed by atoms with Gasteiger partial charge in [0.1, 0.15) is 5.92 Å². The van der Waals surface area contributed by atoms with Crippen LogP contribution in [0.25, 0.3) is 0 Å². The van der Waals surface area contributed by atoms with Crippen LogP contribution in [0.3, 0.4) is 0 Å². The lowest BCUT2D eigenvalue weighted by molar-refractivity contribution is -0.152. The minimum absolute atomic E-state index is 0.00403. The van der Waals surface area contributed by atoms with Crippen LogP contribution in [0.15, 0.2) is 0 Å². The van der Waals surface area contributed by atoms with E-state index in [1.54, 1.807) is 6.92 Å². The molecule has 1 aliphatic rings. The first kappa shape index (κ1) is 12.2.